The van der Waals surface area contributed by atoms with Gasteiger partial charge in [0, 0.05) is 6.08 Å². The molecule has 4 heteroatoms. The van der Waals surface area contributed by atoms with Crippen LogP contribution in [0.4, 0.5) is 0 Å². The number of aliphatic hydroxyl groups excluding tert-OH is 1. The van der Waals surface area contributed by atoms with Gasteiger partial charge in [0.15, 0.2) is 0 Å². The van der Waals surface area contributed by atoms with Gasteiger partial charge in [0.2, 0.25) is 5.76 Å². The van der Waals surface area contributed by atoms with Gasteiger partial charge >= 0.3 is 5.97 Å². The van der Waals surface area contributed by atoms with Crippen molar-refractivity contribution in [1.29, 1.82) is 0 Å². The van der Waals surface area contributed by atoms with Crippen molar-refractivity contribution in [2.24, 2.45) is 0 Å². The second-order valence-electron chi connectivity index (χ2n) is 2.52. The average molecular weight is 194 g/mol. The number of carboxylic acid groups (broad SMARTS) is 1. The van der Waals surface area contributed by atoms with Crippen molar-refractivity contribution in [2.45, 2.75) is 0 Å². The van der Waals surface area contributed by atoms with Crippen molar-refractivity contribution < 1.29 is 19.7 Å². The van der Waals surface area contributed by atoms with Gasteiger partial charge in [-0.3, -0.25) is 0 Å². The molecule has 0 fully saturated rings. The van der Waals surface area contributed by atoms with E-state index in [2.05, 4.69) is 0 Å². The summed E-state index contributed by atoms with van der Waals surface area (Å²) in [5.74, 6) is -1.44. The summed E-state index contributed by atoms with van der Waals surface area (Å²) in [4.78, 5) is 10.2. The van der Waals surface area contributed by atoms with Gasteiger partial charge in [0.05, 0.1) is 0 Å². The van der Waals surface area contributed by atoms with E-state index in [1.54, 1.807) is 24.3 Å². The molecule has 0 aliphatic carbocycles. The molecule has 0 saturated carbocycles. The predicted octanol–water partition coefficient (Wildman–Crippen LogP) is 1.59. The number of para-hydroxylation sites is 1. The maximum absolute atomic E-state index is 10.2. The Hall–Kier alpha value is -1.97. The lowest BCUT2D eigenvalue weighted by molar-refractivity contribution is -0.135. The molecule has 14 heavy (non-hydrogen) atoms. The van der Waals surface area contributed by atoms with Gasteiger partial charge in [-0.05, 0) is 12.1 Å². The number of carbonyl (C=O) groups is 1. The Morgan fingerprint density at radius 3 is 2.50 bits per heavy atom. The van der Waals surface area contributed by atoms with Crippen LogP contribution in [0.3, 0.4) is 0 Å². The minimum absolute atomic E-state index is 0.0299. The van der Waals surface area contributed by atoms with Gasteiger partial charge in [-0.2, -0.15) is 0 Å². The Morgan fingerprint density at radius 2 is 1.93 bits per heavy atom. The third-order valence-corrected chi connectivity index (χ3v) is 1.49. The van der Waals surface area contributed by atoms with E-state index in [0.717, 1.165) is 6.08 Å². The maximum atomic E-state index is 10.2. The molecule has 2 N–H and O–H groups in total. The first-order valence-corrected chi connectivity index (χ1v) is 4.00. The van der Waals surface area contributed by atoms with Crippen molar-refractivity contribution in [3.63, 3.8) is 0 Å². The first-order chi connectivity index (χ1) is 6.70. The molecule has 0 aliphatic heterocycles. The first kappa shape index (κ1) is 10.1. The number of benzene rings is 1. The highest BCUT2D eigenvalue weighted by molar-refractivity contribution is 5.83. The Labute approximate surface area is 81.1 Å². The van der Waals surface area contributed by atoms with Crippen molar-refractivity contribution in [1.82, 2.24) is 0 Å². The van der Waals surface area contributed by atoms with Crippen molar-refractivity contribution >= 4 is 5.97 Å². The summed E-state index contributed by atoms with van der Waals surface area (Å²) >= 11 is 0. The molecule has 0 aromatic heterocycles. The normalized spacial score (nSPS) is 11.0. The maximum Gasteiger partial charge on any atom is 0.370 e. The van der Waals surface area contributed by atoms with Crippen LogP contribution < -0.4 is 4.74 Å². The highest BCUT2D eigenvalue weighted by atomic mass is 16.5. The molecule has 0 unspecified atom stereocenters. The summed E-state index contributed by atoms with van der Waals surface area (Å²) in [7, 11) is 0. The lowest BCUT2D eigenvalue weighted by atomic mass is 10.3. The number of carboxylic acids is 1. The van der Waals surface area contributed by atoms with E-state index in [-0.39, 0.29) is 6.61 Å². The third-order valence-electron chi connectivity index (χ3n) is 1.49. The van der Waals surface area contributed by atoms with E-state index >= 15 is 0 Å². The van der Waals surface area contributed by atoms with Crippen LogP contribution in [0.5, 0.6) is 5.75 Å². The van der Waals surface area contributed by atoms with Crippen LogP contribution in [0.15, 0.2) is 42.2 Å². The molecule has 1 aromatic rings. The van der Waals surface area contributed by atoms with E-state index < -0.39 is 11.7 Å². The van der Waals surface area contributed by atoms with Crippen LogP contribution >= 0.6 is 0 Å². The van der Waals surface area contributed by atoms with Gasteiger partial charge in [0.25, 0.3) is 0 Å². The van der Waals surface area contributed by atoms with Gasteiger partial charge in [-0.15, -0.1) is 0 Å². The van der Waals surface area contributed by atoms with Crippen LogP contribution in [0.1, 0.15) is 0 Å². The van der Waals surface area contributed by atoms with Crippen LogP contribution in [-0.4, -0.2) is 22.8 Å². The van der Waals surface area contributed by atoms with Gasteiger partial charge in [-0.1, -0.05) is 18.2 Å². The molecule has 74 valence electrons. The summed E-state index contributed by atoms with van der Waals surface area (Å²) < 4.78 is 5.13. The molecule has 4 nitrogen and oxygen atoms in total. The summed E-state index contributed by atoms with van der Waals surface area (Å²) in [6, 6.07) is 8.93. The smallest absolute Gasteiger partial charge is 0.370 e. The fourth-order valence-electron chi connectivity index (χ4n) is 0.821. The number of rotatable bonds is 4. The highest BCUT2D eigenvalue weighted by Gasteiger charge is 2.01. The molecule has 0 bridgehead atoms. The SMILES string of the molecule is O=C(O)C(O)=CCOc1ccccc1. The lowest BCUT2D eigenvalue weighted by Crippen LogP contribution is -2.02. The number of ether oxygens (including phenoxy) is 1. The minimum Gasteiger partial charge on any atom is -0.502 e. The Balaban J connectivity index is 2.43. The number of aliphatic carboxylic acids is 1. The van der Waals surface area contributed by atoms with Gasteiger partial charge in [0.1, 0.15) is 12.4 Å². The molecule has 1 aromatic carbocycles. The van der Waals surface area contributed by atoms with Crippen molar-refractivity contribution in [2.75, 3.05) is 6.61 Å². The van der Waals surface area contributed by atoms with Crippen LogP contribution in [0.2, 0.25) is 0 Å². The van der Waals surface area contributed by atoms with Crippen molar-refractivity contribution in [3.8, 4) is 5.75 Å². The Bertz CT molecular complexity index is 329. The quantitative estimate of drug-likeness (QED) is 0.564. The largest absolute Gasteiger partial charge is 0.502 e. The number of hydrogen-bond acceptors (Lipinski definition) is 3. The molecule has 0 heterocycles. The first-order valence-electron chi connectivity index (χ1n) is 4.00. The zero-order valence-corrected chi connectivity index (χ0v) is 7.38. The molecule has 0 saturated heterocycles. The van der Waals surface area contributed by atoms with E-state index in [0.29, 0.717) is 5.75 Å². The van der Waals surface area contributed by atoms with E-state index in [1.165, 1.54) is 0 Å². The topological polar surface area (TPSA) is 66.8 Å². The summed E-state index contributed by atoms with van der Waals surface area (Å²) in [6.45, 7) is 0.0299. The van der Waals surface area contributed by atoms with Gasteiger partial charge in [-0.25, -0.2) is 4.79 Å². The standard InChI is InChI=1S/C10H10O4/c11-9(10(12)13)6-7-14-8-4-2-1-3-5-8/h1-6,11H,7H2,(H,12,13). The Morgan fingerprint density at radius 1 is 1.29 bits per heavy atom. The molecule has 0 radical (unpaired) electrons. The van der Waals surface area contributed by atoms with Crippen LogP contribution in [-0.2, 0) is 4.79 Å². The minimum atomic E-state index is -1.36. The summed E-state index contributed by atoms with van der Waals surface area (Å²) in [5, 5.41) is 17.1. The fraction of sp³-hybridized carbons (Fsp3) is 0.100. The van der Waals surface area contributed by atoms with Crippen molar-refractivity contribution in [3.05, 3.63) is 42.2 Å². The molecular formula is C10H10O4. The second kappa shape index (κ2) is 4.91. The van der Waals surface area contributed by atoms with E-state index in [9.17, 15) is 4.79 Å². The monoisotopic (exact) mass is 194 g/mol. The molecule has 0 atom stereocenters. The lowest BCUT2D eigenvalue weighted by Gasteiger charge is -2.01. The fourth-order valence-corrected chi connectivity index (χ4v) is 0.821. The van der Waals surface area contributed by atoms with Gasteiger partial charge < -0.3 is 14.9 Å². The summed E-state index contributed by atoms with van der Waals surface area (Å²) in [5.41, 5.74) is 0. The zero-order valence-electron chi connectivity index (χ0n) is 7.38. The number of hydrogen-bond donors (Lipinski definition) is 2. The predicted molar refractivity (Wildman–Crippen MR) is 50.3 cm³/mol. The second-order valence-corrected chi connectivity index (χ2v) is 2.52. The number of aliphatic hydroxyl groups is 1. The van der Waals surface area contributed by atoms with E-state index in [4.69, 9.17) is 14.9 Å². The van der Waals surface area contributed by atoms with Crippen LogP contribution in [0.25, 0.3) is 0 Å². The molecule has 0 aliphatic rings. The molecule has 0 spiro atoms. The zero-order chi connectivity index (χ0) is 10.4. The Kier molecular flexibility index (Phi) is 3.55. The molecule has 0 amide bonds. The van der Waals surface area contributed by atoms with Crippen LogP contribution in [0, 0.1) is 0 Å². The van der Waals surface area contributed by atoms with E-state index in [1.807, 2.05) is 6.07 Å². The molecular weight excluding hydrogens is 184 g/mol. The molecule has 1 rings (SSSR count). The summed E-state index contributed by atoms with van der Waals surface area (Å²) in [6.07, 6.45) is 1.09. The average Bonchev–Trinajstić information content (AvgIpc) is 2.19. The highest BCUT2D eigenvalue weighted by Crippen LogP contribution is 2.07. The third kappa shape index (κ3) is 3.18.